The fourth-order valence-corrected chi connectivity index (χ4v) is 22.2. The van der Waals surface area contributed by atoms with E-state index in [2.05, 4.69) is 186 Å². The number of ether oxygens (including phenoxy) is 2. The molecule has 33 heteroatoms. The number of nitrogens with one attached hydrogen (secondary N) is 4. The van der Waals surface area contributed by atoms with E-state index in [1.54, 1.807) is 108 Å². The quantitative estimate of drug-likeness (QED) is 0.0304. The topological polar surface area (TPSA) is 281 Å². The Bertz CT molecular complexity index is 6210. The Morgan fingerprint density at radius 3 is 1.17 bits per heavy atom. The molecule has 0 radical (unpaired) electrons. The number of benzene rings is 4. The van der Waals surface area contributed by atoms with Crippen LogP contribution in [0.4, 0.5) is 38.0 Å². The van der Waals surface area contributed by atoms with Gasteiger partial charge >= 0.3 is 0 Å². The maximum Gasteiger partial charge on any atom is 0.257 e. The smallest absolute Gasteiger partial charge is 0.257 e. The number of rotatable bonds is 30. The summed E-state index contributed by atoms with van der Waals surface area (Å²) in [5.41, 5.74) is 18.7. The maximum absolute atomic E-state index is 13.5. The number of methoxy groups -OCH3 is 2. The molecule has 726 valence electrons. The molecule has 1 saturated carbocycles. The highest BCUT2D eigenvalue weighted by Gasteiger charge is 2.34. The number of pyridine rings is 2. The van der Waals surface area contributed by atoms with Gasteiger partial charge in [0.05, 0.1) is 63.7 Å². The summed E-state index contributed by atoms with van der Waals surface area (Å²) in [5, 5.41) is 15.7. The second-order valence-electron chi connectivity index (χ2n) is 34.8. The summed E-state index contributed by atoms with van der Waals surface area (Å²) >= 11 is 9.47. The molecule has 4 N–H and O–H groups in total. The molecule has 2 atom stereocenters. The van der Waals surface area contributed by atoms with Gasteiger partial charge in [-0.2, -0.15) is 0 Å². The second kappa shape index (κ2) is 47.5. The van der Waals surface area contributed by atoms with Crippen molar-refractivity contribution in [1.82, 2.24) is 79.1 Å². The van der Waals surface area contributed by atoms with Gasteiger partial charge in [0, 0.05) is 201 Å². The van der Waals surface area contributed by atoms with Gasteiger partial charge in [-0.1, -0.05) is 137 Å². The Hall–Kier alpha value is -13.1. The van der Waals surface area contributed by atoms with E-state index in [9.17, 15) is 24.0 Å². The van der Waals surface area contributed by atoms with Crippen LogP contribution in [0.5, 0.6) is 11.5 Å². The molecular formula is C106H124N20O7S6. The first kappa shape index (κ1) is 103. The number of carbonyl (C=O) groups excluding carboxylic acids is 5. The minimum atomic E-state index is -0.0316. The zero-order valence-electron chi connectivity index (χ0n) is 81.9. The zero-order chi connectivity index (χ0) is 99.6. The van der Waals surface area contributed by atoms with Crippen molar-refractivity contribution in [2.45, 2.75) is 126 Å². The minimum Gasteiger partial charge on any atom is -0.496 e. The van der Waals surface area contributed by atoms with Crippen LogP contribution < -0.4 is 30.7 Å². The lowest BCUT2D eigenvalue weighted by atomic mass is 9.92. The lowest BCUT2D eigenvalue weighted by Crippen LogP contribution is -2.48. The monoisotopic (exact) mass is 1980 g/mol. The molecule has 4 aromatic carbocycles. The van der Waals surface area contributed by atoms with Crippen LogP contribution >= 0.6 is 68.9 Å². The zero-order valence-corrected chi connectivity index (χ0v) is 86.8. The van der Waals surface area contributed by atoms with E-state index in [4.69, 9.17) is 9.47 Å². The Morgan fingerprint density at radius 1 is 0.403 bits per heavy atom. The van der Waals surface area contributed by atoms with Crippen molar-refractivity contribution >= 4 is 136 Å². The summed E-state index contributed by atoms with van der Waals surface area (Å²) in [6, 6.07) is 23.9. The molecule has 5 fully saturated rings. The lowest BCUT2D eigenvalue weighted by Gasteiger charge is -2.36. The van der Waals surface area contributed by atoms with Gasteiger partial charge in [-0.15, -0.1) is 22.7 Å². The van der Waals surface area contributed by atoms with Gasteiger partial charge in [-0.3, -0.25) is 29.0 Å². The summed E-state index contributed by atoms with van der Waals surface area (Å²) < 4.78 is 13.3. The number of thiazole rings is 4. The number of nitrogens with zero attached hydrogens (tertiary/aromatic N) is 16. The van der Waals surface area contributed by atoms with Crippen molar-refractivity contribution in [2.75, 3.05) is 140 Å². The van der Waals surface area contributed by atoms with Gasteiger partial charge in [0.25, 0.3) is 23.6 Å². The van der Waals surface area contributed by atoms with Gasteiger partial charge < -0.3 is 69.9 Å². The highest BCUT2D eigenvalue weighted by molar-refractivity contribution is 8.01. The predicted octanol–water partition coefficient (Wildman–Crippen LogP) is 21.3. The summed E-state index contributed by atoms with van der Waals surface area (Å²) in [6.07, 6.45) is 21.7. The first-order valence-corrected chi connectivity index (χ1v) is 51.1. The fourth-order valence-electron chi connectivity index (χ4n) is 16.5. The predicted molar refractivity (Wildman–Crippen MR) is 567 cm³/mol. The summed E-state index contributed by atoms with van der Waals surface area (Å²) in [4.78, 5) is 122. The largest absolute Gasteiger partial charge is 0.496 e. The second-order valence-corrected chi connectivity index (χ2v) is 41.7. The van der Waals surface area contributed by atoms with E-state index >= 15 is 0 Å². The highest BCUT2D eigenvalue weighted by atomic mass is 32.2. The Morgan fingerprint density at radius 2 is 0.784 bits per heavy atom. The molecule has 0 bridgehead atoms. The van der Waals surface area contributed by atoms with Crippen LogP contribution in [0, 0.1) is 75.2 Å². The number of carbonyl (C=O) groups is 5. The van der Waals surface area contributed by atoms with Crippen molar-refractivity contribution in [3.05, 3.63) is 315 Å². The SMILES string of the molecule is C=CC(=C)N1CCN(C(=O)c2cc(C(C)c3cnc(NC(=O)C4CC4)s3)c(C)cc2OC)CC1.C=CC(=C)N1CCN(C(=O)c2cc(C(C)c3cnc(Nc4ccccn4)s3)c(C)cc2OC)CC1.C=CC(=C)N1CCN(C(=O)c2cc(Sc3cnc(Nc4ncc(C)cc4C)s3)c(C)cc2C)CC1.C=CC(=C)N1CCN(C(=O)c2cc(Sc3cnc(Nc4ncc(C)nc4C)s3)c(C)cc2C)CC1. The normalized spacial score (nSPS) is 14.5. The van der Waals surface area contributed by atoms with E-state index in [0.717, 1.165) is 221 Å². The maximum atomic E-state index is 13.5. The molecule has 5 amide bonds. The van der Waals surface area contributed by atoms with Crippen LogP contribution in [-0.2, 0) is 4.79 Å². The van der Waals surface area contributed by atoms with Gasteiger partial charge in [-0.05, 0) is 211 Å². The molecule has 11 aromatic rings. The van der Waals surface area contributed by atoms with E-state index in [0.29, 0.717) is 85.9 Å². The fraction of sp³-hybridized carbons (Fsp3) is 0.330. The first-order chi connectivity index (χ1) is 66.7. The average molecular weight is 1980 g/mol. The van der Waals surface area contributed by atoms with E-state index in [1.165, 1.54) is 11.3 Å². The third-order valence-corrected chi connectivity index (χ3v) is 31.5. The molecule has 4 saturated heterocycles. The molecule has 0 spiro atoms. The number of amides is 5. The number of hydrogen-bond donors (Lipinski definition) is 4. The van der Waals surface area contributed by atoms with Crippen LogP contribution in [-0.4, -0.2) is 228 Å². The third-order valence-electron chi connectivity index (χ3n) is 25.0. The number of aryl methyl sites for hydroxylation is 10. The molecule has 11 heterocycles. The molecule has 4 aliphatic heterocycles. The van der Waals surface area contributed by atoms with Crippen LogP contribution in [0.15, 0.2) is 234 Å². The Kier molecular flexibility index (Phi) is 35.3. The van der Waals surface area contributed by atoms with E-state index in [-0.39, 0.29) is 47.3 Å². The average Bonchev–Trinajstić information content (AvgIpc) is 1.76. The first-order valence-electron chi connectivity index (χ1n) is 46.2. The number of piperazine rings is 4. The molecule has 1 aliphatic carbocycles. The molecule has 2 unspecified atom stereocenters. The van der Waals surface area contributed by atoms with Crippen LogP contribution in [0.25, 0.3) is 0 Å². The minimum absolute atomic E-state index is 0.0130. The summed E-state index contributed by atoms with van der Waals surface area (Å²) in [5.74, 6) is 3.86. The van der Waals surface area contributed by atoms with Crippen LogP contribution in [0.3, 0.4) is 0 Å². The Labute approximate surface area is 841 Å². The van der Waals surface area contributed by atoms with Crippen molar-refractivity contribution < 1.29 is 33.4 Å². The molecule has 139 heavy (non-hydrogen) atoms. The number of hydrogen-bond acceptors (Lipinski definition) is 28. The summed E-state index contributed by atoms with van der Waals surface area (Å²) in [7, 11) is 3.21. The molecule has 16 rings (SSSR count). The van der Waals surface area contributed by atoms with Gasteiger partial charge in [0.2, 0.25) is 5.91 Å². The molecule has 27 nitrogen and oxygen atoms in total. The van der Waals surface area contributed by atoms with Crippen molar-refractivity contribution in [2.24, 2.45) is 5.92 Å². The molecule has 5 aliphatic rings. The Balaban J connectivity index is 0.000000156. The summed E-state index contributed by atoms with van der Waals surface area (Å²) in [6.45, 7) is 66.9. The van der Waals surface area contributed by atoms with Gasteiger partial charge in [0.1, 0.15) is 23.1 Å². The molecule has 7 aromatic heterocycles. The van der Waals surface area contributed by atoms with Gasteiger partial charge in [-0.25, -0.2) is 34.9 Å². The van der Waals surface area contributed by atoms with Crippen molar-refractivity contribution in [3.63, 3.8) is 0 Å². The van der Waals surface area contributed by atoms with E-state index in [1.807, 2.05) is 154 Å². The van der Waals surface area contributed by atoms with Crippen molar-refractivity contribution in [1.29, 1.82) is 0 Å². The number of anilines is 7. The molecular weight excluding hydrogens is 1860 g/mol. The van der Waals surface area contributed by atoms with E-state index < -0.39 is 0 Å². The van der Waals surface area contributed by atoms with Gasteiger partial charge in [0.15, 0.2) is 26.3 Å². The number of aromatic nitrogens is 8. The van der Waals surface area contributed by atoms with Crippen molar-refractivity contribution in [3.8, 4) is 11.5 Å². The number of allylic oxidation sites excluding steroid dienone is 4. The van der Waals surface area contributed by atoms with Crippen LogP contribution in [0.2, 0.25) is 0 Å². The third kappa shape index (κ3) is 26.3. The van der Waals surface area contributed by atoms with Crippen LogP contribution in [0.1, 0.15) is 157 Å². The highest BCUT2D eigenvalue weighted by Crippen LogP contribution is 2.43. The standard InChI is InChI=1S/C27H31N5O2S.C27H31N5OS2.C26H30N6OS2.C26H32N4O3S/c1-6-19(3)31-11-13-32(14-12-31)26(33)22-16-21(18(2)15-23(22)34-5)20(4)24-17-29-27(35-24)30-25-9-7-8-10-28-25;1-7-21(6)31-8-10-32(11-9-31)26(33)22-14-23(19(4)13-18(22)3)34-24-16-29-27(35-24)30-25-20(5)12-17(2)15-28-25;1-7-19(5)31-8-10-32(11-9-31)25(33)21-13-22(17(3)12-16(21)2)34-23-15-28-26(35-23)30-24-20(6)29-18(4)14-27-24;1-6-17(3)29-9-11-30(12-10-29)25(32)21-14-20(16(2)13-22(21)33-5)18(4)23-15-27-26(34-23)28-24(31)19-7-8-19/h6-10,15-17,20H,1,3,11-14H2,2,4-5H3,(H,28,29,30);7,12-16H,1,6,8-11H2,2-5H3,(H,28,29,30);7,12-15H,1,5,8-11H2,2-4,6H3,(H,27,28,30);6,13-15,18-19H,1,3,7-12H2,2,4-5H3,(H,27,28,31). The lowest BCUT2D eigenvalue weighted by molar-refractivity contribution is -0.117.